The van der Waals surface area contributed by atoms with Gasteiger partial charge in [0.15, 0.2) is 0 Å². The molecule has 1 N–H and O–H groups in total. The summed E-state index contributed by atoms with van der Waals surface area (Å²) in [5.41, 5.74) is 0.164. The first kappa shape index (κ1) is 17.6. The maximum atomic E-state index is 12.6. The van der Waals surface area contributed by atoms with Gasteiger partial charge in [0.25, 0.3) is 5.56 Å². The van der Waals surface area contributed by atoms with E-state index in [9.17, 15) is 14.4 Å². The zero-order valence-corrected chi connectivity index (χ0v) is 15.0. The highest BCUT2D eigenvalue weighted by Crippen LogP contribution is 2.31. The molecule has 0 aliphatic carbocycles. The number of piperidine rings is 2. The highest BCUT2D eigenvalue weighted by Gasteiger charge is 2.39. The average Bonchev–Trinajstić information content (AvgIpc) is 2.59. The second-order valence-corrected chi connectivity index (χ2v) is 7.08. The number of nitrogens with one attached hydrogen (secondary N) is 1. The van der Waals surface area contributed by atoms with Gasteiger partial charge in [-0.2, -0.15) is 0 Å². The molecule has 1 aromatic heterocycles. The Balaban J connectivity index is 1.65. The van der Waals surface area contributed by atoms with Crippen molar-refractivity contribution in [3.8, 4) is 0 Å². The topological polar surface area (TPSA) is 86.4 Å². The molecule has 136 valence electrons. The van der Waals surface area contributed by atoms with Crippen molar-refractivity contribution in [1.29, 1.82) is 0 Å². The number of nitrogens with zero attached hydrogens (tertiary/aromatic N) is 3. The number of aryl methyl sites for hydroxylation is 1. The highest BCUT2D eigenvalue weighted by atomic mass is 16.2. The summed E-state index contributed by atoms with van der Waals surface area (Å²) in [6.45, 7) is 5.92. The van der Waals surface area contributed by atoms with E-state index in [1.54, 1.807) is 6.92 Å². The minimum atomic E-state index is -0.242. The number of likely N-dealkylation sites (tertiary alicyclic amines) is 2. The lowest BCUT2D eigenvalue weighted by molar-refractivity contribution is -0.144. The Labute approximate surface area is 147 Å². The van der Waals surface area contributed by atoms with Gasteiger partial charge in [-0.25, -0.2) is 4.98 Å². The molecule has 25 heavy (non-hydrogen) atoms. The zero-order chi connectivity index (χ0) is 18.0. The predicted molar refractivity (Wildman–Crippen MR) is 93.0 cm³/mol. The summed E-state index contributed by atoms with van der Waals surface area (Å²) in [6.07, 6.45) is 4.77. The van der Waals surface area contributed by atoms with Gasteiger partial charge < -0.3 is 14.8 Å². The van der Waals surface area contributed by atoms with Crippen LogP contribution in [0.5, 0.6) is 0 Å². The number of H-pyrrole nitrogens is 1. The Morgan fingerprint density at radius 3 is 2.88 bits per heavy atom. The Morgan fingerprint density at radius 1 is 1.36 bits per heavy atom. The van der Waals surface area contributed by atoms with E-state index >= 15 is 0 Å². The summed E-state index contributed by atoms with van der Waals surface area (Å²) < 4.78 is 0. The standard InChI is InChI=1S/C18H26N4O3/c1-3-7-22-15-6-8-21(11-13(15)4-5-16(22)23)17(24)9-14-10-19-12(2)20-18(14)25/h10,13,15H,3-9,11H2,1-2H3,(H,19,20,25)/t13-,15+/m0/s1. The van der Waals surface area contributed by atoms with Gasteiger partial charge >= 0.3 is 0 Å². The molecular formula is C18H26N4O3. The first-order chi connectivity index (χ1) is 12.0. The van der Waals surface area contributed by atoms with E-state index in [-0.39, 0.29) is 29.8 Å². The van der Waals surface area contributed by atoms with Crippen molar-refractivity contribution >= 4 is 11.8 Å². The summed E-state index contributed by atoms with van der Waals surface area (Å²) in [6, 6.07) is 0.259. The van der Waals surface area contributed by atoms with Crippen molar-refractivity contribution in [3.05, 3.63) is 27.9 Å². The summed E-state index contributed by atoms with van der Waals surface area (Å²) >= 11 is 0. The summed E-state index contributed by atoms with van der Waals surface area (Å²) in [7, 11) is 0. The fourth-order valence-electron chi connectivity index (χ4n) is 4.02. The van der Waals surface area contributed by atoms with Crippen LogP contribution >= 0.6 is 0 Å². The minimum Gasteiger partial charge on any atom is -0.342 e. The van der Waals surface area contributed by atoms with Crippen molar-refractivity contribution in [2.24, 2.45) is 5.92 Å². The quantitative estimate of drug-likeness (QED) is 0.876. The maximum absolute atomic E-state index is 12.6. The monoisotopic (exact) mass is 346 g/mol. The fourth-order valence-corrected chi connectivity index (χ4v) is 4.02. The van der Waals surface area contributed by atoms with Gasteiger partial charge in [-0.15, -0.1) is 0 Å². The Hall–Kier alpha value is -2.18. The third kappa shape index (κ3) is 3.75. The summed E-state index contributed by atoms with van der Waals surface area (Å²) in [4.78, 5) is 47.3. The first-order valence-electron chi connectivity index (χ1n) is 9.11. The van der Waals surface area contributed by atoms with Gasteiger partial charge in [0.05, 0.1) is 6.42 Å². The predicted octanol–water partition coefficient (Wildman–Crippen LogP) is 0.870. The third-order valence-corrected chi connectivity index (χ3v) is 5.30. The molecular weight excluding hydrogens is 320 g/mol. The molecule has 0 spiro atoms. The van der Waals surface area contributed by atoms with Crippen LogP contribution in [0.1, 0.15) is 44.0 Å². The number of aromatic nitrogens is 2. The van der Waals surface area contributed by atoms with Crippen molar-refractivity contribution in [2.75, 3.05) is 19.6 Å². The van der Waals surface area contributed by atoms with E-state index < -0.39 is 0 Å². The summed E-state index contributed by atoms with van der Waals surface area (Å²) in [5, 5.41) is 0. The van der Waals surface area contributed by atoms with Gasteiger partial charge in [0.2, 0.25) is 11.8 Å². The number of carbonyl (C=O) groups excluding carboxylic acids is 2. The van der Waals surface area contributed by atoms with Crippen molar-refractivity contribution < 1.29 is 9.59 Å². The average molecular weight is 346 g/mol. The van der Waals surface area contributed by atoms with Crippen LogP contribution in [0.2, 0.25) is 0 Å². The van der Waals surface area contributed by atoms with Gasteiger partial charge in [-0.05, 0) is 32.1 Å². The van der Waals surface area contributed by atoms with Crippen molar-refractivity contribution in [1.82, 2.24) is 19.8 Å². The van der Waals surface area contributed by atoms with Gasteiger partial charge in [0.1, 0.15) is 5.82 Å². The molecule has 2 saturated heterocycles. The van der Waals surface area contributed by atoms with Crippen LogP contribution in [-0.4, -0.2) is 57.3 Å². The molecule has 0 radical (unpaired) electrons. The van der Waals surface area contributed by atoms with E-state index in [4.69, 9.17) is 0 Å². The van der Waals surface area contributed by atoms with E-state index in [2.05, 4.69) is 16.9 Å². The number of aromatic amines is 1. The number of rotatable bonds is 4. The second kappa shape index (κ2) is 7.37. The van der Waals surface area contributed by atoms with Gasteiger partial charge in [-0.1, -0.05) is 6.92 Å². The summed E-state index contributed by atoms with van der Waals surface area (Å²) in [5.74, 6) is 1.11. The molecule has 2 aliphatic heterocycles. The first-order valence-corrected chi connectivity index (χ1v) is 9.11. The van der Waals surface area contributed by atoms with Crippen LogP contribution in [0.3, 0.4) is 0 Å². The number of carbonyl (C=O) groups is 2. The Morgan fingerprint density at radius 2 is 2.16 bits per heavy atom. The highest BCUT2D eigenvalue weighted by molar-refractivity contribution is 5.79. The largest absolute Gasteiger partial charge is 0.342 e. The lowest BCUT2D eigenvalue weighted by Gasteiger charge is -2.47. The molecule has 2 fully saturated rings. The van der Waals surface area contributed by atoms with Crippen molar-refractivity contribution in [2.45, 2.75) is 52.0 Å². The molecule has 1 aromatic rings. The van der Waals surface area contributed by atoms with E-state index in [0.29, 0.717) is 36.8 Å². The molecule has 7 heteroatoms. The molecule has 2 amide bonds. The Bertz CT molecular complexity index is 715. The van der Waals surface area contributed by atoms with Crippen LogP contribution in [0.25, 0.3) is 0 Å². The van der Waals surface area contributed by atoms with E-state index in [1.165, 1.54) is 6.20 Å². The second-order valence-electron chi connectivity index (χ2n) is 7.08. The zero-order valence-electron chi connectivity index (χ0n) is 15.0. The van der Waals surface area contributed by atoms with Crippen LogP contribution in [0, 0.1) is 12.8 Å². The number of amides is 2. The number of hydrogen-bond donors (Lipinski definition) is 1. The lowest BCUT2D eigenvalue weighted by atomic mass is 9.83. The fraction of sp³-hybridized carbons (Fsp3) is 0.667. The molecule has 0 unspecified atom stereocenters. The number of fused-ring (bicyclic) bond motifs is 1. The van der Waals surface area contributed by atoms with Crippen LogP contribution < -0.4 is 5.56 Å². The van der Waals surface area contributed by atoms with Crippen molar-refractivity contribution in [3.63, 3.8) is 0 Å². The van der Waals surface area contributed by atoms with Crippen LogP contribution in [0.4, 0.5) is 0 Å². The molecule has 0 saturated carbocycles. The SMILES string of the molecule is CCCN1C(=O)CC[C@H]2CN(C(=O)Cc3cnc(C)[nH]c3=O)CC[C@H]21. The van der Waals surface area contributed by atoms with Crippen LogP contribution in [-0.2, 0) is 16.0 Å². The van der Waals surface area contributed by atoms with Gasteiger partial charge in [-0.3, -0.25) is 14.4 Å². The maximum Gasteiger partial charge on any atom is 0.254 e. The third-order valence-electron chi connectivity index (χ3n) is 5.30. The smallest absolute Gasteiger partial charge is 0.254 e. The number of hydrogen-bond acceptors (Lipinski definition) is 4. The molecule has 3 rings (SSSR count). The molecule has 2 atom stereocenters. The van der Waals surface area contributed by atoms with E-state index in [0.717, 1.165) is 25.8 Å². The van der Waals surface area contributed by atoms with E-state index in [1.807, 2.05) is 9.80 Å². The van der Waals surface area contributed by atoms with Crippen LogP contribution in [0.15, 0.2) is 11.0 Å². The molecule has 0 aromatic carbocycles. The molecule has 7 nitrogen and oxygen atoms in total. The normalized spacial score (nSPS) is 23.5. The van der Waals surface area contributed by atoms with Gasteiger partial charge in [0, 0.05) is 43.9 Å². The molecule has 2 aliphatic rings. The molecule has 0 bridgehead atoms. The lowest BCUT2D eigenvalue weighted by Crippen LogP contribution is -2.57. The molecule has 3 heterocycles. The Kier molecular flexibility index (Phi) is 5.20. The minimum absolute atomic E-state index is 0.0338.